The molecule has 4 heteroatoms. The van der Waals surface area contributed by atoms with Crippen LogP contribution in [-0.2, 0) is 10.2 Å². The molecule has 2 aromatic carbocycles. The predicted octanol–water partition coefficient (Wildman–Crippen LogP) is 4.42. The van der Waals surface area contributed by atoms with Gasteiger partial charge in [0, 0.05) is 24.7 Å². The zero-order valence-corrected chi connectivity index (χ0v) is 17.6. The third-order valence-electron chi connectivity index (χ3n) is 8.12. The Bertz CT molecular complexity index is 961. The minimum Gasteiger partial charge on any atom is -0.497 e. The number of piperidine rings is 3. The Morgan fingerprint density at radius 1 is 1.23 bits per heavy atom. The van der Waals surface area contributed by atoms with E-state index in [0.29, 0.717) is 12.0 Å². The Kier molecular flexibility index (Phi) is 4.22. The molecule has 7 rings (SSSR count). The van der Waals surface area contributed by atoms with E-state index in [1.807, 2.05) is 6.07 Å². The highest BCUT2D eigenvalue weighted by atomic mass is 16.5. The molecule has 5 heterocycles. The van der Waals surface area contributed by atoms with Crippen LogP contribution in [0, 0.1) is 11.8 Å². The molecule has 5 aliphatic heterocycles. The lowest BCUT2D eigenvalue weighted by Gasteiger charge is -2.53. The second-order valence-electron chi connectivity index (χ2n) is 9.39. The van der Waals surface area contributed by atoms with Gasteiger partial charge in [0.1, 0.15) is 12.0 Å². The number of ether oxygens (including phenoxy) is 2. The molecule has 4 nitrogen and oxygen atoms in total. The zero-order chi connectivity index (χ0) is 20.3. The summed E-state index contributed by atoms with van der Waals surface area (Å²) in [5.74, 6) is 2.26. The van der Waals surface area contributed by atoms with Crippen LogP contribution in [0.2, 0.25) is 0 Å². The third kappa shape index (κ3) is 2.53. The van der Waals surface area contributed by atoms with Crippen molar-refractivity contribution >= 4 is 5.69 Å². The molecule has 0 spiro atoms. The van der Waals surface area contributed by atoms with Gasteiger partial charge in [-0.3, -0.25) is 4.90 Å². The van der Waals surface area contributed by atoms with Gasteiger partial charge in [-0.2, -0.15) is 0 Å². The highest BCUT2D eigenvalue weighted by Gasteiger charge is 2.59. The van der Waals surface area contributed by atoms with Crippen molar-refractivity contribution in [1.29, 1.82) is 0 Å². The first-order valence-corrected chi connectivity index (χ1v) is 11.3. The summed E-state index contributed by atoms with van der Waals surface area (Å²) in [6.07, 6.45) is 5.79. The molecule has 7 atom stereocenters. The smallest absolute Gasteiger partial charge is 0.129 e. The van der Waals surface area contributed by atoms with Crippen molar-refractivity contribution in [2.45, 2.75) is 43.1 Å². The van der Waals surface area contributed by atoms with E-state index < -0.39 is 0 Å². The molecular formula is C26H30N2O2. The summed E-state index contributed by atoms with van der Waals surface area (Å²) in [6.45, 7) is 6.40. The lowest BCUT2D eigenvalue weighted by atomic mass is 9.62. The van der Waals surface area contributed by atoms with Gasteiger partial charge in [0.25, 0.3) is 0 Å². The molecule has 30 heavy (non-hydrogen) atoms. The maximum atomic E-state index is 6.84. The van der Waals surface area contributed by atoms with Gasteiger partial charge in [0.15, 0.2) is 0 Å². The Balaban J connectivity index is 1.50. The fourth-order valence-corrected chi connectivity index (χ4v) is 6.70. The van der Waals surface area contributed by atoms with Gasteiger partial charge < -0.3 is 14.8 Å². The fraction of sp³-hybridized carbons (Fsp3) is 0.462. The molecule has 0 amide bonds. The first kappa shape index (κ1) is 18.5. The van der Waals surface area contributed by atoms with Crippen molar-refractivity contribution in [2.24, 2.45) is 11.8 Å². The van der Waals surface area contributed by atoms with Gasteiger partial charge in [-0.05, 0) is 60.5 Å². The summed E-state index contributed by atoms with van der Waals surface area (Å²) >= 11 is 0. The molecule has 4 bridgehead atoms. The molecule has 1 unspecified atom stereocenters. The second kappa shape index (κ2) is 6.86. The average molecular weight is 403 g/mol. The molecule has 0 aliphatic carbocycles. The van der Waals surface area contributed by atoms with Crippen LogP contribution in [-0.4, -0.2) is 43.5 Å². The van der Waals surface area contributed by atoms with E-state index in [1.54, 1.807) is 7.11 Å². The highest BCUT2D eigenvalue weighted by Crippen LogP contribution is 2.56. The normalized spacial score (nSPS) is 38.6. The van der Waals surface area contributed by atoms with E-state index in [-0.39, 0.29) is 17.7 Å². The van der Waals surface area contributed by atoms with E-state index in [4.69, 9.17) is 9.47 Å². The van der Waals surface area contributed by atoms with Crippen molar-refractivity contribution in [3.8, 4) is 5.75 Å². The summed E-state index contributed by atoms with van der Waals surface area (Å²) < 4.78 is 12.5. The third-order valence-corrected chi connectivity index (χ3v) is 8.12. The van der Waals surface area contributed by atoms with Crippen molar-refractivity contribution in [2.75, 3.05) is 25.5 Å². The molecule has 0 saturated carbocycles. The molecular weight excluding hydrogens is 372 g/mol. The number of methoxy groups -OCH3 is 1. The Labute approximate surface area is 178 Å². The summed E-state index contributed by atoms with van der Waals surface area (Å²) in [5, 5.41) is 3.65. The van der Waals surface area contributed by atoms with Gasteiger partial charge in [-0.1, -0.05) is 36.4 Å². The Morgan fingerprint density at radius 2 is 2.10 bits per heavy atom. The van der Waals surface area contributed by atoms with E-state index >= 15 is 0 Å². The number of hydrogen-bond acceptors (Lipinski definition) is 4. The molecule has 0 aromatic heterocycles. The van der Waals surface area contributed by atoms with Gasteiger partial charge in [0.05, 0.1) is 18.6 Å². The van der Waals surface area contributed by atoms with Crippen molar-refractivity contribution in [3.05, 3.63) is 72.3 Å². The van der Waals surface area contributed by atoms with Crippen LogP contribution in [0.4, 0.5) is 5.69 Å². The Hall–Kier alpha value is -2.30. The summed E-state index contributed by atoms with van der Waals surface area (Å²) in [6, 6.07) is 17.9. The largest absolute Gasteiger partial charge is 0.497 e. The zero-order valence-electron chi connectivity index (χ0n) is 17.6. The van der Waals surface area contributed by atoms with E-state index in [2.05, 4.69) is 65.3 Å². The summed E-state index contributed by atoms with van der Waals surface area (Å²) in [5.41, 5.74) is 3.69. The van der Waals surface area contributed by atoms with Crippen LogP contribution in [0.3, 0.4) is 0 Å². The van der Waals surface area contributed by atoms with Crippen LogP contribution in [0.1, 0.15) is 30.4 Å². The van der Waals surface area contributed by atoms with Crippen LogP contribution in [0.15, 0.2) is 61.2 Å². The SMILES string of the molecule is C=C[C@H]1CN2CC[C@H]1C[C@@H]2[C@@H]1O[C@H]2C[C@]1(c1ccccc1)c1cc(OC)ccc1N2. The number of anilines is 1. The number of nitrogens with zero attached hydrogens (tertiary/aromatic N) is 1. The topological polar surface area (TPSA) is 33.7 Å². The fourth-order valence-electron chi connectivity index (χ4n) is 6.70. The predicted molar refractivity (Wildman–Crippen MR) is 119 cm³/mol. The molecule has 4 fully saturated rings. The lowest BCUT2D eigenvalue weighted by molar-refractivity contribution is -0.0744. The van der Waals surface area contributed by atoms with Crippen molar-refractivity contribution < 1.29 is 9.47 Å². The van der Waals surface area contributed by atoms with Crippen molar-refractivity contribution in [3.63, 3.8) is 0 Å². The maximum Gasteiger partial charge on any atom is 0.129 e. The average Bonchev–Trinajstić information content (AvgIpc) is 3.14. The lowest BCUT2D eigenvalue weighted by Crippen LogP contribution is -2.60. The van der Waals surface area contributed by atoms with E-state index in [9.17, 15) is 0 Å². The van der Waals surface area contributed by atoms with E-state index in [0.717, 1.165) is 24.6 Å². The number of fused-ring (bicyclic) bond motifs is 7. The monoisotopic (exact) mass is 402 g/mol. The van der Waals surface area contributed by atoms with Crippen LogP contribution in [0.5, 0.6) is 5.75 Å². The van der Waals surface area contributed by atoms with Crippen LogP contribution in [0.25, 0.3) is 0 Å². The van der Waals surface area contributed by atoms with Gasteiger partial charge in [-0.15, -0.1) is 6.58 Å². The van der Waals surface area contributed by atoms with Gasteiger partial charge in [-0.25, -0.2) is 0 Å². The minimum absolute atomic E-state index is 0.0490. The van der Waals surface area contributed by atoms with Gasteiger partial charge >= 0.3 is 0 Å². The molecule has 2 aromatic rings. The second-order valence-corrected chi connectivity index (χ2v) is 9.39. The van der Waals surface area contributed by atoms with Crippen LogP contribution >= 0.6 is 0 Å². The number of hydrogen-bond donors (Lipinski definition) is 1. The minimum atomic E-state index is -0.160. The number of nitrogens with one attached hydrogen (secondary N) is 1. The standard InChI is InChI=1S/C26H30N2O2/c1-3-17-16-28-12-11-18(17)13-23(28)25-26(19-7-5-4-6-8-19)15-24(30-25)27-22-10-9-20(29-2)14-21(22)26/h3-10,14,17-18,23-25,27H,1,11-13,15-16H2,2H3/t17-,18-,23+,24-,25-,26-/m0/s1. The van der Waals surface area contributed by atoms with Crippen LogP contribution < -0.4 is 10.1 Å². The number of rotatable bonds is 4. The Morgan fingerprint density at radius 3 is 2.83 bits per heavy atom. The summed E-state index contributed by atoms with van der Waals surface area (Å²) in [7, 11) is 1.75. The first-order valence-electron chi connectivity index (χ1n) is 11.3. The maximum absolute atomic E-state index is 6.84. The molecule has 5 aliphatic rings. The van der Waals surface area contributed by atoms with Gasteiger partial charge in [0.2, 0.25) is 0 Å². The van der Waals surface area contributed by atoms with E-state index in [1.165, 1.54) is 36.2 Å². The highest BCUT2D eigenvalue weighted by molar-refractivity contribution is 5.65. The summed E-state index contributed by atoms with van der Waals surface area (Å²) in [4.78, 5) is 2.68. The molecule has 1 N–H and O–H groups in total. The van der Waals surface area contributed by atoms with Crippen molar-refractivity contribution in [1.82, 2.24) is 4.90 Å². The molecule has 0 radical (unpaired) electrons. The number of benzene rings is 2. The molecule has 4 saturated heterocycles. The molecule has 156 valence electrons. The first-order chi connectivity index (χ1) is 14.7. The quantitative estimate of drug-likeness (QED) is 0.768.